The van der Waals surface area contributed by atoms with Crippen LogP contribution in [-0.2, 0) is 19.7 Å². The van der Waals surface area contributed by atoms with Crippen LogP contribution in [0.5, 0.6) is 0 Å². The summed E-state index contributed by atoms with van der Waals surface area (Å²) >= 11 is 1.54. The lowest BCUT2D eigenvalue weighted by atomic mass is 9.93. The monoisotopic (exact) mass is 418 g/mol. The first-order valence-corrected chi connectivity index (χ1v) is 10.4. The molecule has 1 unspecified atom stereocenters. The van der Waals surface area contributed by atoms with Crippen molar-refractivity contribution in [2.24, 2.45) is 5.41 Å². The lowest BCUT2D eigenvalue weighted by molar-refractivity contribution is -0.119. The Morgan fingerprint density at radius 1 is 1.24 bits per heavy atom. The van der Waals surface area contributed by atoms with Crippen LogP contribution < -0.4 is 10.6 Å². The van der Waals surface area contributed by atoms with Gasteiger partial charge in [-0.1, -0.05) is 19.9 Å². The molecule has 1 aromatic carbocycles. The highest BCUT2D eigenvalue weighted by Crippen LogP contribution is 2.65. The third-order valence-corrected chi connectivity index (χ3v) is 6.64. The molecule has 2 aliphatic rings. The van der Waals surface area contributed by atoms with E-state index in [9.17, 15) is 14.0 Å². The van der Waals surface area contributed by atoms with Crippen LogP contribution in [0.1, 0.15) is 35.5 Å². The largest absolute Gasteiger partial charge is 0.348 e. The maximum Gasteiger partial charge on any atom is 0.251 e. The zero-order chi connectivity index (χ0) is 20.6. The Morgan fingerprint density at radius 3 is 2.59 bits per heavy atom. The van der Waals surface area contributed by atoms with E-state index in [1.54, 1.807) is 11.3 Å². The number of halogens is 1. The van der Waals surface area contributed by atoms with Crippen LogP contribution >= 0.6 is 11.3 Å². The molecule has 2 N–H and O–H groups in total. The van der Waals surface area contributed by atoms with Gasteiger partial charge in [0.1, 0.15) is 5.82 Å². The molecule has 1 aliphatic heterocycles. The lowest BCUT2D eigenvalue weighted by Crippen LogP contribution is -2.33. The molecule has 0 spiro atoms. The van der Waals surface area contributed by atoms with Crippen molar-refractivity contribution in [3.05, 3.63) is 52.0 Å². The van der Waals surface area contributed by atoms with E-state index in [4.69, 9.17) is 9.47 Å². The summed E-state index contributed by atoms with van der Waals surface area (Å²) in [7, 11) is 0. The Morgan fingerprint density at radius 2 is 1.97 bits per heavy atom. The maximum absolute atomic E-state index is 14.1. The van der Waals surface area contributed by atoms with Gasteiger partial charge in [-0.15, -0.1) is 11.3 Å². The van der Waals surface area contributed by atoms with Gasteiger partial charge in [0.05, 0.1) is 25.2 Å². The molecule has 2 aromatic rings. The topological polar surface area (TPSA) is 76.7 Å². The summed E-state index contributed by atoms with van der Waals surface area (Å²) in [6.07, 6.45) is 0.227. The number of benzene rings is 1. The molecule has 8 heteroatoms. The fourth-order valence-corrected chi connectivity index (χ4v) is 5.00. The van der Waals surface area contributed by atoms with Gasteiger partial charge in [-0.3, -0.25) is 9.59 Å². The first kappa shape index (κ1) is 20.0. The Labute approximate surface area is 172 Å². The number of rotatable bonds is 6. The van der Waals surface area contributed by atoms with Crippen LogP contribution in [0.2, 0.25) is 0 Å². The van der Waals surface area contributed by atoms with Gasteiger partial charge in [-0.25, -0.2) is 4.39 Å². The SMILES string of the molecule is CC1(C)CC1(C(=O)Nc1cc(F)cc(C(=O)NCC2OCCO2)c1)c1cccs1. The summed E-state index contributed by atoms with van der Waals surface area (Å²) in [5, 5.41) is 7.43. The second kappa shape index (κ2) is 7.51. The lowest BCUT2D eigenvalue weighted by Gasteiger charge is -2.19. The highest BCUT2D eigenvalue weighted by atomic mass is 32.1. The van der Waals surface area contributed by atoms with E-state index < -0.39 is 23.4 Å². The minimum Gasteiger partial charge on any atom is -0.348 e. The summed E-state index contributed by atoms with van der Waals surface area (Å²) in [6, 6.07) is 7.71. The molecule has 1 aromatic heterocycles. The van der Waals surface area contributed by atoms with Gasteiger partial charge in [0.25, 0.3) is 5.91 Å². The predicted octanol–water partition coefficient (Wildman–Crippen LogP) is 3.30. The van der Waals surface area contributed by atoms with Crippen molar-refractivity contribution >= 4 is 28.8 Å². The van der Waals surface area contributed by atoms with Crippen LogP contribution in [0.15, 0.2) is 35.7 Å². The molecular weight excluding hydrogens is 395 g/mol. The summed E-state index contributed by atoms with van der Waals surface area (Å²) < 4.78 is 24.7. The minimum absolute atomic E-state index is 0.124. The summed E-state index contributed by atoms with van der Waals surface area (Å²) in [6.45, 7) is 5.23. The molecule has 1 saturated carbocycles. The summed E-state index contributed by atoms with van der Waals surface area (Å²) in [5.41, 5.74) is -0.435. The molecule has 2 heterocycles. The van der Waals surface area contributed by atoms with Crippen molar-refractivity contribution in [2.75, 3.05) is 25.1 Å². The van der Waals surface area contributed by atoms with Crippen LogP contribution in [0.3, 0.4) is 0 Å². The van der Waals surface area contributed by atoms with Crippen molar-refractivity contribution in [2.45, 2.75) is 32.0 Å². The molecule has 1 saturated heterocycles. The average molecular weight is 418 g/mol. The molecule has 29 heavy (non-hydrogen) atoms. The number of anilines is 1. The highest BCUT2D eigenvalue weighted by Gasteiger charge is 2.67. The normalized spacial score (nSPS) is 23.0. The van der Waals surface area contributed by atoms with Crippen LogP contribution in [0, 0.1) is 11.2 Å². The number of carbonyl (C=O) groups excluding carboxylic acids is 2. The molecule has 6 nitrogen and oxygen atoms in total. The second-order valence-electron chi connectivity index (χ2n) is 8.01. The van der Waals surface area contributed by atoms with E-state index in [1.807, 2.05) is 31.4 Å². The van der Waals surface area contributed by atoms with Crippen molar-refractivity contribution in [1.29, 1.82) is 0 Å². The number of amides is 2. The van der Waals surface area contributed by atoms with Gasteiger partial charge in [0, 0.05) is 16.1 Å². The predicted molar refractivity (Wildman–Crippen MR) is 107 cm³/mol. The smallest absolute Gasteiger partial charge is 0.251 e. The van der Waals surface area contributed by atoms with Crippen molar-refractivity contribution < 1.29 is 23.5 Å². The molecule has 1 aliphatic carbocycles. The maximum atomic E-state index is 14.1. The number of carbonyl (C=O) groups is 2. The van der Waals surface area contributed by atoms with E-state index >= 15 is 0 Å². The van der Waals surface area contributed by atoms with Gasteiger partial charge in [-0.2, -0.15) is 0 Å². The Hall–Kier alpha value is -2.29. The van der Waals surface area contributed by atoms with Gasteiger partial charge in [0.15, 0.2) is 6.29 Å². The average Bonchev–Trinajstić information content (AvgIpc) is 3.16. The summed E-state index contributed by atoms with van der Waals surface area (Å²) in [5.74, 6) is -1.24. The molecule has 0 radical (unpaired) electrons. The van der Waals surface area contributed by atoms with E-state index in [1.165, 1.54) is 12.1 Å². The molecule has 2 fully saturated rings. The molecule has 4 rings (SSSR count). The van der Waals surface area contributed by atoms with Crippen LogP contribution in [-0.4, -0.2) is 37.9 Å². The van der Waals surface area contributed by atoms with Crippen molar-refractivity contribution in [3.8, 4) is 0 Å². The van der Waals surface area contributed by atoms with E-state index in [-0.39, 0.29) is 29.1 Å². The van der Waals surface area contributed by atoms with Gasteiger partial charge < -0.3 is 20.1 Å². The van der Waals surface area contributed by atoms with E-state index in [2.05, 4.69) is 10.6 Å². The number of hydrogen-bond acceptors (Lipinski definition) is 5. The van der Waals surface area contributed by atoms with Crippen LogP contribution in [0.4, 0.5) is 10.1 Å². The van der Waals surface area contributed by atoms with Crippen molar-refractivity contribution in [1.82, 2.24) is 5.32 Å². The first-order chi connectivity index (χ1) is 13.8. The van der Waals surface area contributed by atoms with Gasteiger partial charge in [-0.05, 0) is 41.5 Å². The Bertz CT molecular complexity index is 925. The molecular formula is C21H23FN2O4S. The molecule has 154 valence electrons. The molecule has 0 bridgehead atoms. The zero-order valence-corrected chi connectivity index (χ0v) is 17.1. The number of thiophene rings is 1. The molecule has 1 atom stereocenters. The number of ether oxygens (including phenoxy) is 2. The standard InChI is InChI=1S/C21H23FN2O4S/c1-20(2)12-21(20,16-4-3-7-29-16)19(26)24-15-9-13(8-14(22)10-15)18(25)23-11-17-27-5-6-28-17/h3-4,7-10,17H,5-6,11-12H2,1-2H3,(H,23,25)(H,24,26). The van der Waals surface area contributed by atoms with Gasteiger partial charge >= 0.3 is 0 Å². The summed E-state index contributed by atoms with van der Waals surface area (Å²) in [4.78, 5) is 26.5. The second-order valence-corrected chi connectivity index (χ2v) is 8.95. The van der Waals surface area contributed by atoms with Crippen molar-refractivity contribution in [3.63, 3.8) is 0 Å². The number of hydrogen-bond donors (Lipinski definition) is 2. The Kier molecular flexibility index (Phi) is 5.18. The Balaban J connectivity index is 1.49. The van der Waals surface area contributed by atoms with Gasteiger partial charge in [0.2, 0.25) is 5.91 Å². The third-order valence-electron chi connectivity index (χ3n) is 5.60. The fourth-order valence-electron chi connectivity index (χ4n) is 3.89. The van der Waals surface area contributed by atoms with E-state index in [0.29, 0.717) is 13.2 Å². The molecule has 2 amide bonds. The zero-order valence-electron chi connectivity index (χ0n) is 16.3. The minimum atomic E-state index is -0.632. The van der Waals surface area contributed by atoms with E-state index in [0.717, 1.165) is 17.4 Å². The van der Waals surface area contributed by atoms with Crippen LogP contribution in [0.25, 0.3) is 0 Å². The fraction of sp³-hybridized carbons (Fsp3) is 0.429. The third kappa shape index (κ3) is 3.80. The first-order valence-electron chi connectivity index (χ1n) is 9.49. The highest BCUT2D eigenvalue weighted by molar-refractivity contribution is 7.10. The quantitative estimate of drug-likeness (QED) is 0.755. The number of nitrogens with one attached hydrogen (secondary N) is 2.